The molecule has 1 amide bonds. The monoisotopic (exact) mass is 642 g/mol. The molecule has 0 saturated carbocycles. The fraction of sp³-hybridized carbons (Fsp3) is 0.286. The van der Waals surface area contributed by atoms with Crippen molar-refractivity contribution in [2.75, 3.05) is 52.6 Å². The molecule has 3 aromatic carbocycles. The van der Waals surface area contributed by atoms with Gasteiger partial charge in [-0.05, 0) is 83.6 Å². The third-order valence-corrected chi connectivity index (χ3v) is 9.31. The van der Waals surface area contributed by atoms with Gasteiger partial charge < -0.3 is 19.3 Å². The summed E-state index contributed by atoms with van der Waals surface area (Å²) in [5.41, 5.74) is 5.69. The molecule has 45 heavy (non-hydrogen) atoms. The lowest BCUT2D eigenvalue weighted by atomic mass is 9.98. The van der Waals surface area contributed by atoms with E-state index in [2.05, 4.69) is 41.3 Å². The Morgan fingerprint density at radius 1 is 1.00 bits per heavy atom. The zero-order chi connectivity index (χ0) is 31.2. The molecular weight excluding hydrogens is 609 g/mol. The van der Waals surface area contributed by atoms with Crippen molar-refractivity contribution >= 4 is 52.3 Å². The van der Waals surface area contributed by atoms with Crippen LogP contribution < -0.4 is 9.47 Å². The van der Waals surface area contributed by atoms with Crippen molar-refractivity contribution in [1.29, 1.82) is 0 Å². The quantitative estimate of drug-likeness (QED) is 0.145. The summed E-state index contributed by atoms with van der Waals surface area (Å²) in [5.74, 6) is 0.289. The van der Waals surface area contributed by atoms with Crippen molar-refractivity contribution in [3.05, 3.63) is 93.9 Å². The lowest BCUT2D eigenvalue weighted by Crippen LogP contribution is -2.38. The summed E-state index contributed by atoms with van der Waals surface area (Å²) in [7, 11) is 0. The lowest BCUT2D eigenvalue weighted by Gasteiger charge is -2.26. The number of hydrogen-bond acceptors (Lipinski definition) is 8. The van der Waals surface area contributed by atoms with E-state index in [1.54, 1.807) is 17.0 Å². The molecular formula is C35H34N2O6S2. The Hall–Kier alpha value is -3.96. The van der Waals surface area contributed by atoms with Crippen molar-refractivity contribution in [2.45, 2.75) is 12.8 Å². The average Bonchev–Trinajstić information content (AvgIpc) is 3.63. The number of thiocarbonyl (C=S) groups is 1. The van der Waals surface area contributed by atoms with Crippen LogP contribution in [-0.2, 0) is 16.0 Å². The number of aromatic carboxylic acids is 1. The number of rotatable bonds is 12. The van der Waals surface area contributed by atoms with Crippen LogP contribution in [0.25, 0.3) is 23.3 Å². The number of ether oxygens (including phenoxy) is 3. The molecule has 10 heteroatoms. The van der Waals surface area contributed by atoms with Crippen molar-refractivity contribution in [1.82, 2.24) is 9.80 Å². The first-order chi connectivity index (χ1) is 21.9. The molecule has 3 aromatic rings. The van der Waals surface area contributed by atoms with Crippen LogP contribution in [0.3, 0.4) is 0 Å². The predicted octanol–water partition coefficient (Wildman–Crippen LogP) is 6.00. The molecule has 0 spiro atoms. The van der Waals surface area contributed by atoms with E-state index < -0.39 is 5.97 Å². The first kappa shape index (κ1) is 31.0. The molecule has 2 heterocycles. The highest BCUT2D eigenvalue weighted by Crippen LogP contribution is 2.37. The minimum Gasteiger partial charge on any atom is -0.494 e. The van der Waals surface area contributed by atoms with E-state index in [0.717, 1.165) is 61.7 Å². The van der Waals surface area contributed by atoms with Crippen LogP contribution in [0.15, 0.2) is 71.6 Å². The summed E-state index contributed by atoms with van der Waals surface area (Å²) in [6, 6.07) is 18.8. The molecule has 0 radical (unpaired) electrons. The molecule has 0 aromatic heterocycles. The molecule has 2 saturated heterocycles. The number of benzene rings is 3. The molecule has 8 nitrogen and oxygen atoms in total. The summed E-state index contributed by atoms with van der Waals surface area (Å²) in [6.45, 7) is 5.56. The van der Waals surface area contributed by atoms with Gasteiger partial charge in [-0.1, -0.05) is 54.3 Å². The average molecular weight is 643 g/mol. The second-order valence-electron chi connectivity index (χ2n) is 10.9. The molecule has 0 bridgehead atoms. The second-order valence-corrected chi connectivity index (χ2v) is 12.6. The second kappa shape index (κ2) is 14.4. The molecule has 232 valence electrons. The van der Waals surface area contributed by atoms with Gasteiger partial charge in [0.15, 0.2) is 0 Å². The van der Waals surface area contributed by atoms with Gasteiger partial charge in [0.05, 0.1) is 30.3 Å². The highest BCUT2D eigenvalue weighted by molar-refractivity contribution is 8.26. The van der Waals surface area contributed by atoms with E-state index >= 15 is 0 Å². The number of carbonyl (C=O) groups excluding carboxylic acids is 1. The van der Waals surface area contributed by atoms with Crippen LogP contribution >= 0.6 is 24.0 Å². The number of hydrogen-bond donors (Lipinski definition) is 1. The van der Waals surface area contributed by atoms with Crippen molar-refractivity contribution in [3.63, 3.8) is 0 Å². The number of fused-ring (bicyclic) bond motifs is 1. The Morgan fingerprint density at radius 3 is 2.62 bits per heavy atom. The van der Waals surface area contributed by atoms with E-state index in [-0.39, 0.29) is 11.5 Å². The van der Waals surface area contributed by atoms with Crippen LogP contribution in [0.5, 0.6) is 11.5 Å². The van der Waals surface area contributed by atoms with Gasteiger partial charge in [-0.3, -0.25) is 14.6 Å². The minimum absolute atomic E-state index is 0.120. The van der Waals surface area contributed by atoms with Gasteiger partial charge in [-0.2, -0.15) is 0 Å². The zero-order valence-corrected chi connectivity index (χ0v) is 26.4. The highest BCUT2D eigenvalue weighted by atomic mass is 32.2. The molecule has 2 fully saturated rings. The third kappa shape index (κ3) is 7.65. The Kier molecular flexibility index (Phi) is 9.95. The van der Waals surface area contributed by atoms with E-state index in [9.17, 15) is 9.59 Å². The van der Waals surface area contributed by atoms with Crippen LogP contribution in [-0.4, -0.2) is 83.7 Å². The molecule has 6 rings (SSSR count). The normalized spacial score (nSPS) is 17.2. The zero-order valence-electron chi connectivity index (χ0n) is 24.8. The number of carboxylic acids is 1. The Balaban J connectivity index is 1.13. The third-order valence-electron chi connectivity index (χ3n) is 7.93. The highest BCUT2D eigenvalue weighted by Gasteiger charge is 2.31. The lowest BCUT2D eigenvalue weighted by molar-refractivity contribution is -0.122. The number of allylic oxidation sites excluding steroid dienone is 1. The summed E-state index contributed by atoms with van der Waals surface area (Å²) < 4.78 is 18.1. The first-order valence-electron chi connectivity index (χ1n) is 15.0. The summed E-state index contributed by atoms with van der Waals surface area (Å²) in [6.07, 6.45) is 7.76. The van der Waals surface area contributed by atoms with E-state index in [1.807, 2.05) is 18.2 Å². The Bertz CT molecular complexity index is 1650. The van der Waals surface area contributed by atoms with Gasteiger partial charge in [-0.15, -0.1) is 0 Å². The first-order valence-corrected chi connectivity index (χ1v) is 16.3. The number of thioether (sulfide) groups is 1. The maximum atomic E-state index is 13.3. The van der Waals surface area contributed by atoms with E-state index in [4.69, 9.17) is 31.5 Å². The largest absolute Gasteiger partial charge is 0.494 e. The van der Waals surface area contributed by atoms with Crippen LogP contribution in [0.2, 0.25) is 0 Å². The predicted molar refractivity (Wildman–Crippen MR) is 181 cm³/mol. The molecule has 0 unspecified atom stereocenters. The summed E-state index contributed by atoms with van der Waals surface area (Å²) >= 11 is 6.86. The van der Waals surface area contributed by atoms with Crippen LogP contribution in [0.1, 0.15) is 33.5 Å². The van der Waals surface area contributed by atoms with Crippen molar-refractivity contribution < 1.29 is 28.9 Å². The number of nitrogens with zero attached hydrogens (tertiary/aromatic N) is 2. The molecule has 0 atom stereocenters. The smallest absolute Gasteiger partial charge is 0.335 e. The number of amides is 1. The maximum absolute atomic E-state index is 13.3. The van der Waals surface area contributed by atoms with Gasteiger partial charge in [-0.25, -0.2) is 4.79 Å². The van der Waals surface area contributed by atoms with Crippen LogP contribution in [0, 0.1) is 0 Å². The van der Waals surface area contributed by atoms with E-state index in [0.29, 0.717) is 41.2 Å². The van der Waals surface area contributed by atoms with Crippen molar-refractivity contribution in [2.24, 2.45) is 0 Å². The summed E-state index contributed by atoms with van der Waals surface area (Å²) in [5, 5.41) is 9.05. The number of carbonyl (C=O) groups is 2. The van der Waals surface area contributed by atoms with E-state index in [1.165, 1.54) is 35.0 Å². The minimum atomic E-state index is -0.982. The molecule has 1 N–H and O–H groups in total. The van der Waals surface area contributed by atoms with Gasteiger partial charge in [0.1, 0.15) is 22.4 Å². The number of carboxylic acid groups (broad SMARTS) is 1. The fourth-order valence-corrected chi connectivity index (χ4v) is 6.77. The SMILES string of the molecule is O=C(O)c1ccc(OCCCN2C(=O)C(=Cc3ccc(OCCN4CCOCC4)c(-c4ccc5c(c4)C=CC5)c3)SC2=S)cc1. The van der Waals surface area contributed by atoms with Crippen LogP contribution in [0.4, 0.5) is 0 Å². The topological polar surface area (TPSA) is 88.5 Å². The van der Waals surface area contributed by atoms with Gasteiger partial charge in [0, 0.05) is 31.7 Å². The Morgan fingerprint density at radius 2 is 1.82 bits per heavy atom. The molecule has 2 aliphatic heterocycles. The summed E-state index contributed by atoms with van der Waals surface area (Å²) in [4.78, 5) is 28.9. The van der Waals surface area contributed by atoms with Gasteiger partial charge in [0.2, 0.25) is 0 Å². The molecule has 1 aliphatic carbocycles. The van der Waals surface area contributed by atoms with Gasteiger partial charge in [0.25, 0.3) is 5.91 Å². The fourth-order valence-electron chi connectivity index (χ4n) is 5.47. The standard InChI is InChI=1S/C35H34N2O6S2/c38-33-32(45-35(44)37(33)13-2-17-42-29-10-8-26(9-11-29)34(39)40)22-24-5-12-31(43-20-16-36-14-18-41-19-15-36)30(21-24)28-7-6-25-3-1-4-27(25)23-28/h1,4-12,21-23H,2-3,13-20H2,(H,39,40). The van der Waals surface area contributed by atoms with Gasteiger partial charge >= 0.3 is 5.97 Å². The molecule has 3 aliphatic rings. The number of morpholine rings is 1. The maximum Gasteiger partial charge on any atom is 0.335 e. The van der Waals surface area contributed by atoms with Crippen molar-refractivity contribution in [3.8, 4) is 22.6 Å². The Labute approximate surface area is 272 Å².